The number of halogens is 2. The number of alkyl halides is 2. The molecule has 0 aliphatic carbocycles. The molecule has 0 aromatic heterocycles. The lowest BCUT2D eigenvalue weighted by molar-refractivity contribution is -0.130. The Balaban J connectivity index is 1.89. The highest BCUT2D eigenvalue weighted by Gasteiger charge is 2.27. The number of nitrogens with zero attached hydrogens (tertiary/aromatic N) is 1. The van der Waals surface area contributed by atoms with Gasteiger partial charge in [-0.2, -0.15) is 0 Å². The van der Waals surface area contributed by atoms with Crippen molar-refractivity contribution in [2.24, 2.45) is 0 Å². The minimum absolute atomic E-state index is 0.0629. The largest absolute Gasteiger partial charge is 0.349 e. The first-order valence-electron chi connectivity index (χ1n) is 8.17. The monoisotopic (exact) mass is 370 g/mol. The van der Waals surface area contributed by atoms with Crippen LogP contribution in [0.4, 0.5) is 0 Å². The highest BCUT2D eigenvalue weighted by Crippen LogP contribution is 2.22. The topological polar surface area (TPSA) is 49.4 Å². The van der Waals surface area contributed by atoms with Crippen molar-refractivity contribution >= 4 is 35.0 Å². The number of piperidine rings is 1. The van der Waals surface area contributed by atoms with Crippen molar-refractivity contribution in [3.63, 3.8) is 0 Å². The molecule has 1 aliphatic heterocycles. The van der Waals surface area contributed by atoms with E-state index in [1.807, 2.05) is 24.3 Å². The van der Waals surface area contributed by atoms with Crippen LogP contribution in [-0.4, -0.2) is 40.7 Å². The van der Waals surface area contributed by atoms with Crippen molar-refractivity contribution in [3.8, 4) is 0 Å². The van der Waals surface area contributed by atoms with Crippen LogP contribution < -0.4 is 5.32 Å². The number of amides is 2. The van der Waals surface area contributed by atoms with Crippen LogP contribution in [-0.2, 0) is 10.2 Å². The van der Waals surface area contributed by atoms with E-state index in [2.05, 4.69) is 26.1 Å². The van der Waals surface area contributed by atoms with Crippen molar-refractivity contribution < 1.29 is 9.59 Å². The Morgan fingerprint density at radius 2 is 1.67 bits per heavy atom. The molecule has 24 heavy (non-hydrogen) atoms. The first kappa shape index (κ1) is 19.1. The van der Waals surface area contributed by atoms with Crippen LogP contribution in [0, 0.1) is 0 Å². The maximum Gasteiger partial charge on any atom is 0.255 e. The van der Waals surface area contributed by atoms with Crippen LogP contribution in [0.15, 0.2) is 24.3 Å². The van der Waals surface area contributed by atoms with E-state index in [4.69, 9.17) is 23.2 Å². The number of hydrogen-bond acceptors (Lipinski definition) is 2. The van der Waals surface area contributed by atoms with Crippen molar-refractivity contribution in [1.29, 1.82) is 0 Å². The molecule has 6 heteroatoms. The molecule has 0 bridgehead atoms. The van der Waals surface area contributed by atoms with Gasteiger partial charge >= 0.3 is 0 Å². The highest BCUT2D eigenvalue weighted by atomic mass is 35.5. The molecule has 0 unspecified atom stereocenters. The van der Waals surface area contributed by atoms with E-state index in [1.165, 1.54) is 5.56 Å². The van der Waals surface area contributed by atoms with Crippen LogP contribution in [0.3, 0.4) is 0 Å². The summed E-state index contributed by atoms with van der Waals surface area (Å²) in [5.74, 6) is -0.339. The second-order valence-corrected chi connectivity index (χ2v) is 8.30. The predicted molar refractivity (Wildman–Crippen MR) is 97.7 cm³/mol. The summed E-state index contributed by atoms with van der Waals surface area (Å²) in [6.07, 6.45) is 1.41. The van der Waals surface area contributed by atoms with Gasteiger partial charge in [0.15, 0.2) is 4.84 Å². The molecule has 0 spiro atoms. The van der Waals surface area contributed by atoms with Gasteiger partial charge in [-0.15, -0.1) is 0 Å². The van der Waals surface area contributed by atoms with Crippen molar-refractivity contribution in [2.75, 3.05) is 13.1 Å². The van der Waals surface area contributed by atoms with E-state index in [9.17, 15) is 9.59 Å². The number of benzene rings is 1. The van der Waals surface area contributed by atoms with Crippen molar-refractivity contribution in [1.82, 2.24) is 10.2 Å². The zero-order valence-corrected chi connectivity index (χ0v) is 15.8. The molecular formula is C18H24Cl2N2O2. The van der Waals surface area contributed by atoms with E-state index >= 15 is 0 Å². The molecular weight excluding hydrogens is 347 g/mol. The number of likely N-dealkylation sites (tertiary alicyclic amines) is 1. The smallest absolute Gasteiger partial charge is 0.255 e. The lowest BCUT2D eigenvalue weighted by Gasteiger charge is -2.32. The zero-order chi connectivity index (χ0) is 17.9. The molecule has 4 nitrogen and oxygen atoms in total. The average molecular weight is 371 g/mol. The average Bonchev–Trinajstić information content (AvgIpc) is 2.54. The number of carbonyl (C=O) groups is 2. The molecule has 1 saturated heterocycles. The Bertz CT molecular complexity index is 586. The molecule has 0 atom stereocenters. The summed E-state index contributed by atoms with van der Waals surface area (Å²) in [6.45, 7) is 7.54. The van der Waals surface area contributed by atoms with Gasteiger partial charge in [-0.25, -0.2) is 0 Å². The maximum absolute atomic E-state index is 12.4. The van der Waals surface area contributed by atoms with E-state index in [1.54, 1.807) is 4.90 Å². The van der Waals surface area contributed by atoms with Gasteiger partial charge in [-0.1, -0.05) is 56.1 Å². The Kier molecular flexibility index (Phi) is 6.16. The summed E-state index contributed by atoms with van der Waals surface area (Å²) >= 11 is 11.2. The van der Waals surface area contributed by atoms with Gasteiger partial charge in [-0.3, -0.25) is 9.59 Å². The van der Waals surface area contributed by atoms with Crippen LogP contribution in [0.1, 0.15) is 49.5 Å². The fourth-order valence-corrected chi connectivity index (χ4v) is 3.05. The number of hydrogen-bond donors (Lipinski definition) is 1. The summed E-state index contributed by atoms with van der Waals surface area (Å²) in [5.41, 5.74) is 1.92. The minimum Gasteiger partial charge on any atom is -0.349 e. The molecule has 132 valence electrons. The Hall–Kier alpha value is -1.26. The fraction of sp³-hybridized carbons (Fsp3) is 0.556. The quantitative estimate of drug-likeness (QED) is 0.827. The molecule has 0 saturated carbocycles. The van der Waals surface area contributed by atoms with E-state index in [0.717, 1.165) is 0 Å². The van der Waals surface area contributed by atoms with Gasteiger partial charge in [0.25, 0.3) is 11.8 Å². The van der Waals surface area contributed by atoms with Gasteiger partial charge in [0.05, 0.1) is 0 Å². The third-order valence-electron chi connectivity index (χ3n) is 4.34. The summed E-state index contributed by atoms with van der Waals surface area (Å²) < 4.78 is 0. The molecule has 1 aliphatic rings. The Labute approximate surface area is 153 Å². The normalized spacial score (nSPS) is 16.3. The summed E-state index contributed by atoms with van der Waals surface area (Å²) in [7, 11) is 0. The lowest BCUT2D eigenvalue weighted by atomic mass is 9.86. The molecule has 0 radical (unpaired) electrons. The van der Waals surface area contributed by atoms with Gasteiger partial charge in [0, 0.05) is 24.7 Å². The summed E-state index contributed by atoms with van der Waals surface area (Å²) in [5, 5.41) is 3.04. The van der Waals surface area contributed by atoms with E-state index in [0.29, 0.717) is 31.5 Å². The molecule has 1 heterocycles. The van der Waals surface area contributed by atoms with Crippen molar-refractivity contribution in [3.05, 3.63) is 35.4 Å². The predicted octanol–water partition coefficient (Wildman–Crippen LogP) is 3.51. The Morgan fingerprint density at radius 3 is 2.12 bits per heavy atom. The van der Waals surface area contributed by atoms with E-state index in [-0.39, 0.29) is 23.3 Å². The number of nitrogens with one attached hydrogen (secondary N) is 1. The van der Waals surface area contributed by atoms with Gasteiger partial charge in [0.2, 0.25) is 0 Å². The number of rotatable bonds is 3. The standard InChI is InChI=1S/C18H24Cl2N2O2/c1-18(2,3)13-6-4-12(5-7-13)16(23)21-14-8-10-22(11-9-14)17(24)15(19)20/h4-7,14-15H,8-11H2,1-3H3,(H,21,23). The van der Waals surface area contributed by atoms with Crippen LogP contribution >= 0.6 is 23.2 Å². The first-order chi connectivity index (χ1) is 11.2. The van der Waals surface area contributed by atoms with Gasteiger partial charge in [-0.05, 0) is 36.0 Å². The molecule has 1 aromatic carbocycles. The van der Waals surface area contributed by atoms with Crippen LogP contribution in [0.25, 0.3) is 0 Å². The molecule has 1 aromatic rings. The second-order valence-electron chi connectivity index (χ2n) is 7.20. The second kappa shape index (κ2) is 7.75. The van der Waals surface area contributed by atoms with Crippen LogP contribution in [0.5, 0.6) is 0 Å². The molecule has 1 fully saturated rings. The highest BCUT2D eigenvalue weighted by molar-refractivity contribution is 6.53. The first-order valence-corrected chi connectivity index (χ1v) is 9.04. The fourth-order valence-electron chi connectivity index (χ4n) is 2.77. The van der Waals surface area contributed by atoms with E-state index < -0.39 is 4.84 Å². The summed E-state index contributed by atoms with van der Waals surface area (Å²) in [4.78, 5) is 24.7. The minimum atomic E-state index is -1.02. The molecule has 1 N–H and O–H groups in total. The Morgan fingerprint density at radius 1 is 1.12 bits per heavy atom. The third-order valence-corrected chi connectivity index (χ3v) is 4.71. The summed E-state index contributed by atoms with van der Waals surface area (Å²) in [6, 6.07) is 7.78. The van der Waals surface area contributed by atoms with Gasteiger partial charge < -0.3 is 10.2 Å². The van der Waals surface area contributed by atoms with Gasteiger partial charge in [0.1, 0.15) is 0 Å². The van der Waals surface area contributed by atoms with Crippen LogP contribution in [0.2, 0.25) is 0 Å². The molecule has 2 rings (SSSR count). The lowest BCUT2D eigenvalue weighted by Crippen LogP contribution is -2.47. The molecule has 2 amide bonds. The maximum atomic E-state index is 12.4. The number of carbonyl (C=O) groups excluding carboxylic acids is 2. The zero-order valence-electron chi connectivity index (χ0n) is 14.3. The van der Waals surface area contributed by atoms with Crippen molar-refractivity contribution in [2.45, 2.75) is 49.9 Å². The third kappa shape index (κ3) is 4.87. The SMILES string of the molecule is CC(C)(C)c1ccc(C(=O)NC2CCN(C(=O)C(Cl)Cl)CC2)cc1.